The van der Waals surface area contributed by atoms with Gasteiger partial charge in [-0.25, -0.2) is 4.39 Å². The van der Waals surface area contributed by atoms with Crippen molar-refractivity contribution in [2.75, 3.05) is 13.1 Å². The minimum atomic E-state index is -0.263. The van der Waals surface area contributed by atoms with Crippen molar-refractivity contribution in [2.24, 2.45) is 5.92 Å². The lowest BCUT2D eigenvalue weighted by Crippen LogP contribution is -2.30. The Morgan fingerprint density at radius 1 is 1.37 bits per heavy atom. The number of halogens is 2. The molecule has 0 bridgehead atoms. The summed E-state index contributed by atoms with van der Waals surface area (Å²) in [6.45, 7) is 5.95. The number of benzene rings is 1. The maximum atomic E-state index is 13.1. The molecule has 1 aromatic rings. The topological polar surface area (TPSA) is 41.1 Å². The van der Waals surface area contributed by atoms with E-state index in [2.05, 4.69) is 40.4 Å². The van der Waals surface area contributed by atoms with Gasteiger partial charge in [0.2, 0.25) is 5.91 Å². The third-order valence-corrected chi connectivity index (χ3v) is 2.95. The van der Waals surface area contributed by atoms with Crippen molar-refractivity contribution < 1.29 is 9.18 Å². The highest BCUT2D eigenvalue weighted by molar-refractivity contribution is 9.10. The van der Waals surface area contributed by atoms with Gasteiger partial charge in [-0.05, 0) is 29.7 Å². The van der Waals surface area contributed by atoms with Gasteiger partial charge in [0.25, 0.3) is 0 Å². The lowest BCUT2D eigenvalue weighted by Gasteiger charge is -2.08. The van der Waals surface area contributed by atoms with Gasteiger partial charge in [0.15, 0.2) is 0 Å². The zero-order valence-corrected chi connectivity index (χ0v) is 12.9. The number of amides is 1. The van der Waals surface area contributed by atoms with Crippen molar-refractivity contribution in [1.82, 2.24) is 10.6 Å². The third kappa shape index (κ3) is 7.28. The van der Waals surface area contributed by atoms with Gasteiger partial charge in [-0.3, -0.25) is 4.79 Å². The van der Waals surface area contributed by atoms with Crippen LogP contribution in [0.15, 0.2) is 22.7 Å². The predicted octanol–water partition coefficient (Wildman–Crippen LogP) is 2.84. The van der Waals surface area contributed by atoms with Gasteiger partial charge in [0.1, 0.15) is 5.82 Å². The molecule has 5 heteroatoms. The van der Waals surface area contributed by atoms with E-state index in [1.807, 2.05) is 6.07 Å². The number of carbonyl (C=O) groups is 1. The second-order valence-corrected chi connectivity index (χ2v) is 5.82. The van der Waals surface area contributed by atoms with Gasteiger partial charge in [-0.1, -0.05) is 29.8 Å². The summed E-state index contributed by atoms with van der Waals surface area (Å²) in [5, 5.41) is 5.98. The van der Waals surface area contributed by atoms with E-state index in [0.29, 0.717) is 32.0 Å². The number of rotatable bonds is 7. The summed E-state index contributed by atoms with van der Waals surface area (Å²) in [4.78, 5) is 11.4. The highest BCUT2D eigenvalue weighted by Gasteiger charge is 2.02. The fraction of sp³-hybridized carbons (Fsp3) is 0.500. The highest BCUT2D eigenvalue weighted by Crippen LogP contribution is 2.14. The number of hydrogen-bond donors (Lipinski definition) is 2. The van der Waals surface area contributed by atoms with Gasteiger partial charge in [0, 0.05) is 30.5 Å². The molecule has 0 saturated heterocycles. The van der Waals surface area contributed by atoms with E-state index in [-0.39, 0.29) is 11.7 Å². The lowest BCUT2D eigenvalue weighted by molar-refractivity contribution is -0.121. The van der Waals surface area contributed by atoms with Crippen LogP contribution in [0.3, 0.4) is 0 Å². The molecular weight excluding hydrogens is 311 g/mol. The van der Waals surface area contributed by atoms with E-state index in [9.17, 15) is 9.18 Å². The predicted molar refractivity (Wildman–Crippen MR) is 78.3 cm³/mol. The summed E-state index contributed by atoms with van der Waals surface area (Å²) >= 11 is 3.25. The molecule has 2 N–H and O–H groups in total. The van der Waals surface area contributed by atoms with Crippen LogP contribution in [0.4, 0.5) is 4.39 Å². The Bertz CT molecular complexity index is 404. The Hall–Kier alpha value is -0.940. The van der Waals surface area contributed by atoms with E-state index in [1.165, 1.54) is 12.1 Å². The summed E-state index contributed by atoms with van der Waals surface area (Å²) in [6.07, 6.45) is 0.434. The molecule has 0 spiro atoms. The van der Waals surface area contributed by atoms with Gasteiger partial charge in [-0.15, -0.1) is 0 Å². The van der Waals surface area contributed by atoms with Crippen LogP contribution in [0.5, 0.6) is 0 Å². The Morgan fingerprint density at radius 3 is 2.74 bits per heavy atom. The van der Waals surface area contributed by atoms with Gasteiger partial charge in [0.05, 0.1) is 0 Å². The Balaban J connectivity index is 2.21. The van der Waals surface area contributed by atoms with Crippen molar-refractivity contribution in [1.29, 1.82) is 0 Å². The van der Waals surface area contributed by atoms with Crippen molar-refractivity contribution >= 4 is 21.8 Å². The van der Waals surface area contributed by atoms with Gasteiger partial charge in [-0.2, -0.15) is 0 Å². The molecular formula is C14H20BrFN2O. The standard InChI is InChI=1S/C14H20BrFN2O/c1-10(2)8-18-14(19)3-4-17-9-11-5-12(15)7-13(16)6-11/h5-7,10,17H,3-4,8-9H2,1-2H3,(H,18,19). The first-order valence-corrected chi connectivity index (χ1v) is 7.19. The molecule has 106 valence electrons. The summed E-state index contributed by atoms with van der Waals surface area (Å²) in [6, 6.07) is 4.76. The van der Waals surface area contributed by atoms with Crippen molar-refractivity contribution in [3.05, 3.63) is 34.1 Å². The van der Waals surface area contributed by atoms with Crippen LogP contribution >= 0.6 is 15.9 Å². The summed E-state index contributed by atoms with van der Waals surface area (Å²) in [5.74, 6) is 0.240. The molecule has 0 unspecified atom stereocenters. The SMILES string of the molecule is CC(C)CNC(=O)CCNCc1cc(F)cc(Br)c1. The van der Waals surface area contributed by atoms with E-state index in [4.69, 9.17) is 0 Å². The monoisotopic (exact) mass is 330 g/mol. The lowest BCUT2D eigenvalue weighted by atomic mass is 10.2. The van der Waals surface area contributed by atoms with Crippen LogP contribution in [0.1, 0.15) is 25.8 Å². The van der Waals surface area contributed by atoms with Crippen LogP contribution in [-0.4, -0.2) is 19.0 Å². The van der Waals surface area contributed by atoms with E-state index in [1.54, 1.807) is 0 Å². The first-order valence-electron chi connectivity index (χ1n) is 6.39. The summed E-state index contributed by atoms with van der Waals surface area (Å²) < 4.78 is 13.8. The third-order valence-electron chi connectivity index (χ3n) is 2.49. The zero-order chi connectivity index (χ0) is 14.3. The number of carbonyl (C=O) groups excluding carboxylic acids is 1. The molecule has 0 aliphatic heterocycles. The van der Waals surface area contributed by atoms with Crippen molar-refractivity contribution in [2.45, 2.75) is 26.8 Å². The van der Waals surface area contributed by atoms with Gasteiger partial charge < -0.3 is 10.6 Å². The van der Waals surface area contributed by atoms with E-state index < -0.39 is 0 Å². The van der Waals surface area contributed by atoms with Crippen LogP contribution < -0.4 is 10.6 Å². The molecule has 0 fully saturated rings. The molecule has 1 rings (SSSR count). The first-order chi connectivity index (χ1) is 8.97. The Morgan fingerprint density at radius 2 is 2.11 bits per heavy atom. The normalized spacial score (nSPS) is 10.8. The molecule has 1 amide bonds. The highest BCUT2D eigenvalue weighted by atomic mass is 79.9. The molecule has 0 radical (unpaired) electrons. The van der Waals surface area contributed by atoms with Crippen molar-refractivity contribution in [3.63, 3.8) is 0 Å². The first kappa shape index (κ1) is 16.1. The number of hydrogen-bond acceptors (Lipinski definition) is 2. The van der Waals surface area contributed by atoms with E-state index in [0.717, 1.165) is 10.0 Å². The van der Waals surface area contributed by atoms with Gasteiger partial charge >= 0.3 is 0 Å². The largest absolute Gasteiger partial charge is 0.356 e. The van der Waals surface area contributed by atoms with Crippen LogP contribution in [0, 0.1) is 11.7 Å². The van der Waals surface area contributed by atoms with E-state index >= 15 is 0 Å². The minimum absolute atomic E-state index is 0.0432. The Labute approximate surface area is 122 Å². The summed E-state index contributed by atoms with van der Waals surface area (Å²) in [7, 11) is 0. The second-order valence-electron chi connectivity index (χ2n) is 4.90. The molecule has 0 saturated carbocycles. The van der Waals surface area contributed by atoms with Crippen LogP contribution in [-0.2, 0) is 11.3 Å². The van der Waals surface area contributed by atoms with Crippen molar-refractivity contribution in [3.8, 4) is 0 Å². The molecule has 0 aromatic heterocycles. The molecule has 0 aliphatic carbocycles. The Kier molecular flexibility index (Phi) is 7.02. The molecule has 0 atom stereocenters. The zero-order valence-electron chi connectivity index (χ0n) is 11.3. The number of nitrogens with one attached hydrogen (secondary N) is 2. The molecule has 0 heterocycles. The smallest absolute Gasteiger partial charge is 0.221 e. The minimum Gasteiger partial charge on any atom is -0.356 e. The summed E-state index contributed by atoms with van der Waals surface area (Å²) in [5.41, 5.74) is 0.856. The quantitative estimate of drug-likeness (QED) is 0.755. The molecule has 3 nitrogen and oxygen atoms in total. The maximum Gasteiger partial charge on any atom is 0.221 e. The van der Waals surface area contributed by atoms with Crippen LogP contribution in [0.25, 0.3) is 0 Å². The average Bonchev–Trinajstić information content (AvgIpc) is 2.31. The molecule has 1 aromatic carbocycles. The fourth-order valence-electron chi connectivity index (χ4n) is 1.55. The second kappa shape index (κ2) is 8.27. The van der Waals surface area contributed by atoms with Crippen LogP contribution in [0.2, 0.25) is 0 Å². The molecule has 19 heavy (non-hydrogen) atoms. The average molecular weight is 331 g/mol. The fourth-order valence-corrected chi connectivity index (χ4v) is 2.07. The molecule has 0 aliphatic rings. The maximum absolute atomic E-state index is 13.1.